The summed E-state index contributed by atoms with van der Waals surface area (Å²) < 4.78 is 10.5. The second-order valence-corrected chi connectivity index (χ2v) is 6.44. The molecule has 0 aliphatic heterocycles. The third kappa shape index (κ3) is 4.94. The molecule has 1 amide bonds. The lowest BCUT2D eigenvalue weighted by molar-refractivity contribution is -0.123. The third-order valence-corrected chi connectivity index (χ3v) is 4.56. The van der Waals surface area contributed by atoms with Gasteiger partial charge in [-0.05, 0) is 42.0 Å². The number of rotatable bonds is 7. The summed E-state index contributed by atoms with van der Waals surface area (Å²) in [6.07, 6.45) is 1.63. The number of amides is 1. The summed E-state index contributed by atoms with van der Waals surface area (Å²) in [4.78, 5) is 13.9. The Morgan fingerprint density at radius 3 is 2.50 bits per heavy atom. The molecule has 0 unspecified atom stereocenters. The summed E-state index contributed by atoms with van der Waals surface area (Å²) in [6, 6.07) is 21.2. The average Bonchev–Trinajstić information content (AvgIpc) is 3.16. The van der Waals surface area contributed by atoms with Crippen molar-refractivity contribution in [2.45, 2.75) is 0 Å². The fraction of sp³-hybridized carbons (Fsp3) is 0.100. The highest BCUT2D eigenvalue weighted by molar-refractivity contribution is 7.17. The van der Waals surface area contributed by atoms with Gasteiger partial charge in [0.1, 0.15) is 11.5 Å². The van der Waals surface area contributed by atoms with Crippen LogP contribution in [0.2, 0.25) is 0 Å². The first-order valence-electron chi connectivity index (χ1n) is 7.98. The first kappa shape index (κ1) is 17.7. The van der Waals surface area contributed by atoms with Crippen molar-refractivity contribution >= 4 is 23.5 Å². The second-order valence-electron chi connectivity index (χ2n) is 5.33. The zero-order valence-electron chi connectivity index (χ0n) is 14.2. The van der Waals surface area contributed by atoms with Gasteiger partial charge in [0.25, 0.3) is 5.91 Å². The maximum atomic E-state index is 11.8. The molecule has 1 heterocycles. The SMILES string of the molecule is COc1ccc(OCC(=O)N/N=C\c2ccc(-c3ccccc3)s2)cc1. The van der Waals surface area contributed by atoms with Gasteiger partial charge < -0.3 is 9.47 Å². The lowest BCUT2D eigenvalue weighted by Crippen LogP contribution is -2.24. The van der Waals surface area contributed by atoms with Gasteiger partial charge in [0.05, 0.1) is 13.3 Å². The van der Waals surface area contributed by atoms with Gasteiger partial charge in [-0.15, -0.1) is 11.3 Å². The first-order valence-corrected chi connectivity index (χ1v) is 8.80. The van der Waals surface area contributed by atoms with Crippen molar-refractivity contribution in [2.24, 2.45) is 5.10 Å². The van der Waals surface area contributed by atoms with E-state index >= 15 is 0 Å². The second kappa shape index (κ2) is 8.82. The zero-order valence-corrected chi connectivity index (χ0v) is 15.0. The number of benzene rings is 2. The molecular weight excluding hydrogens is 348 g/mol. The number of thiophene rings is 1. The fourth-order valence-corrected chi connectivity index (χ4v) is 3.09. The van der Waals surface area contributed by atoms with E-state index in [0.29, 0.717) is 5.75 Å². The minimum atomic E-state index is -0.322. The van der Waals surface area contributed by atoms with Crippen LogP contribution in [-0.4, -0.2) is 25.8 Å². The molecule has 0 fully saturated rings. The number of nitrogens with one attached hydrogen (secondary N) is 1. The molecule has 0 spiro atoms. The van der Waals surface area contributed by atoms with Crippen molar-refractivity contribution in [3.05, 3.63) is 71.6 Å². The minimum Gasteiger partial charge on any atom is -0.497 e. The minimum absolute atomic E-state index is 0.108. The van der Waals surface area contributed by atoms with Gasteiger partial charge in [-0.25, -0.2) is 5.43 Å². The quantitative estimate of drug-likeness (QED) is 0.509. The van der Waals surface area contributed by atoms with E-state index in [9.17, 15) is 4.79 Å². The standard InChI is InChI=1S/C20H18N2O3S/c1-24-16-7-9-17(10-8-16)25-14-20(23)22-21-13-18-11-12-19(26-18)15-5-3-2-4-6-15/h2-13H,14H2,1H3,(H,22,23)/b21-13-. The molecule has 0 radical (unpaired) electrons. The van der Waals surface area contributed by atoms with Gasteiger partial charge in [-0.2, -0.15) is 5.10 Å². The lowest BCUT2D eigenvalue weighted by atomic mass is 10.2. The van der Waals surface area contributed by atoms with Crippen LogP contribution in [0.1, 0.15) is 4.88 Å². The summed E-state index contributed by atoms with van der Waals surface area (Å²) in [5.74, 6) is 1.00. The predicted octanol–water partition coefficient (Wildman–Crippen LogP) is 3.95. The van der Waals surface area contributed by atoms with E-state index in [0.717, 1.165) is 21.1 Å². The summed E-state index contributed by atoms with van der Waals surface area (Å²) in [5, 5.41) is 3.97. The summed E-state index contributed by atoms with van der Waals surface area (Å²) in [7, 11) is 1.59. The monoisotopic (exact) mass is 366 g/mol. The highest BCUT2D eigenvalue weighted by atomic mass is 32.1. The average molecular weight is 366 g/mol. The summed E-state index contributed by atoms with van der Waals surface area (Å²) in [5.41, 5.74) is 3.62. The van der Waals surface area contributed by atoms with Crippen molar-refractivity contribution in [1.82, 2.24) is 5.43 Å². The molecule has 0 atom stereocenters. The highest BCUT2D eigenvalue weighted by Gasteiger charge is 2.03. The number of hydrogen-bond donors (Lipinski definition) is 1. The van der Waals surface area contributed by atoms with E-state index in [-0.39, 0.29) is 12.5 Å². The fourth-order valence-electron chi connectivity index (χ4n) is 2.20. The van der Waals surface area contributed by atoms with E-state index < -0.39 is 0 Å². The number of carbonyl (C=O) groups is 1. The smallest absolute Gasteiger partial charge is 0.277 e. The Morgan fingerprint density at radius 1 is 1.04 bits per heavy atom. The lowest BCUT2D eigenvalue weighted by Gasteiger charge is -2.05. The number of methoxy groups -OCH3 is 1. The molecule has 5 nitrogen and oxygen atoms in total. The molecule has 0 aliphatic carbocycles. The van der Waals surface area contributed by atoms with Crippen LogP contribution in [0, 0.1) is 0 Å². The van der Waals surface area contributed by atoms with Crippen molar-refractivity contribution in [1.29, 1.82) is 0 Å². The van der Waals surface area contributed by atoms with Crippen LogP contribution in [0.5, 0.6) is 11.5 Å². The molecule has 1 aromatic heterocycles. The third-order valence-electron chi connectivity index (χ3n) is 3.50. The van der Waals surface area contributed by atoms with Crippen LogP contribution >= 0.6 is 11.3 Å². The molecule has 0 saturated carbocycles. The van der Waals surface area contributed by atoms with Crippen LogP contribution in [0.3, 0.4) is 0 Å². The van der Waals surface area contributed by atoms with Gasteiger partial charge in [0.2, 0.25) is 0 Å². The summed E-state index contributed by atoms with van der Waals surface area (Å²) >= 11 is 1.61. The summed E-state index contributed by atoms with van der Waals surface area (Å²) in [6.45, 7) is -0.108. The molecular formula is C20H18N2O3S. The molecule has 132 valence electrons. The molecule has 3 rings (SSSR count). The number of hydrazone groups is 1. The van der Waals surface area contributed by atoms with Crippen LogP contribution in [-0.2, 0) is 4.79 Å². The maximum Gasteiger partial charge on any atom is 0.277 e. The van der Waals surface area contributed by atoms with Crippen molar-refractivity contribution in [2.75, 3.05) is 13.7 Å². The largest absolute Gasteiger partial charge is 0.497 e. The van der Waals surface area contributed by atoms with Crippen molar-refractivity contribution < 1.29 is 14.3 Å². The molecule has 2 aromatic carbocycles. The Kier molecular flexibility index (Phi) is 6.01. The molecule has 0 saturated heterocycles. The van der Waals surface area contributed by atoms with Crippen LogP contribution < -0.4 is 14.9 Å². The first-order chi connectivity index (χ1) is 12.7. The maximum absolute atomic E-state index is 11.8. The molecule has 26 heavy (non-hydrogen) atoms. The van der Waals surface area contributed by atoms with Gasteiger partial charge in [-0.3, -0.25) is 4.79 Å². The van der Waals surface area contributed by atoms with E-state index in [1.54, 1.807) is 48.9 Å². The predicted molar refractivity (Wildman–Crippen MR) is 104 cm³/mol. The number of hydrogen-bond acceptors (Lipinski definition) is 5. The molecule has 0 bridgehead atoms. The van der Waals surface area contributed by atoms with Gasteiger partial charge >= 0.3 is 0 Å². The Morgan fingerprint density at radius 2 is 1.77 bits per heavy atom. The number of ether oxygens (including phenoxy) is 2. The molecule has 0 aliphatic rings. The number of nitrogens with zero attached hydrogens (tertiary/aromatic N) is 1. The van der Waals surface area contributed by atoms with Crippen LogP contribution in [0.15, 0.2) is 71.8 Å². The van der Waals surface area contributed by atoms with E-state index in [1.807, 2.05) is 30.3 Å². The van der Waals surface area contributed by atoms with Crippen LogP contribution in [0.25, 0.3) is 10.4 Å². The van der Waals surface area contributed by atoms with Crippen molar-refractivity contribution in [3.63, 3.8) is 0 Å². The van der Waals surface area contributed by atoms with E-state index in [1.165, 1.54) is 0 Å². The van der Waals surface area contributed by atoms with Gasteiger partial charge in [-0.1, -0.05) is 30.3 Å². The Labute approximate surface area is 155 Å². The normalized spacial score (nSPS) is 10.7. The highest BCUT2D eigenvalue weighted by Crippen LogP contribution is 2.26. The van der Waals surface area contributed by atoms with E-state index in [4.69, 9.17) is 9.47 Å². The van der Waals surface area contributed by atoms with Crippen molar-refractivity contribution in [3.8, 4) is 21.9 Å². The Hall–Kier alpha value is -3.12. The topological polar surface area (TPSA) is 59.9 Å². The van der Waals surface area contributed by atoms with Crippen LogP contribution in [0.4, 0.5) is 0 Å². The molecule has 6 heteroatoms. The van der Waals surface area contributed by atoms with E-state index in [2.05, 4.69) is 22.7 Å². The Bertz CT molecular complexity index is 874. The number of carbonyl (C=O) groups excluding carboxylic acids is 1. The van der Waals surface area contributed by atoms with Gasteiger partial charge in [0, 0.05) is 9.75 Å². The molecule has 1 N–H and O–H groups in total. The van der Waals surface area contributed by atoms with Gasteiger partial charge in [0.15, 0.2) is 6.61 Å². The zero-order chi connectivity index (χ0) is 18.2. The Balaban J connectivity index is 1.47. The molecule has 3 aromatic rings.